The maximum atomic E-state index is 12.6. The van der Waals surface area contributed by atoms with E-state index < -0.39 is 11.7 Å². The van der Waals surface area contributed by atoms with Gasteiger partial charge in [0.05, 0.1) is 5.56 Å². The molecule has 8 heteroatoms. The molecule has 2 heterocycles. The van der Waals surface area contributed by atoms with E-state index in [0.29, 0.717) is 37.9 Å². The van der Waals surface area contributed by atoms with Gasteiger partial charge < -0.3 is 10.2 Å². The summed E-state index contributed by atoms with van der Waals surface area (Å²) in [5, 5.41) is 2.91. The van der Waals surface area contributed by atoms with Crippen LogP contribution in [0.4, 0.5) is 19.0 Å². The predicted molar refractivity (Wildman–Crippen MR) is 83.6 cm³/mol. The topological polar surface area (TPSA) is 50.9 Å². The second kappa shape index (κ2) is 7.83. The number of H-pyrrole nitrogens is 1. The Morgan fingerprint density at radius 3 is 2.50 bits per heavy atom. The van der Waals surface area contributed by atoms with Gasteiger partial charge in [-0.3, -0.25) is 9.69 Å². The summed E-state index contributed by atoms with van der Waals surface area (Å²) in [6, 6.07) is 2.55. The van der Waals surface area contributed by atoms with Crippen LogP contribution in [0.2, 0.25) is 0 Å². The van der Waals surface area contributed by atoms with Crippen molar-refractivity contribution in [3.63, 3.8) is 0 Å². The van der Waals surface area contributed by atoms with Crippen LogP contribution in [-0.2, 0) is 11.0 Å². The highest BCUT2D eigenvalue weighted by atomic mass is 19.4. The molecule has 3 N–H and O–H groups in total. The van der Waals surface area contributed by atoms with E-state index in [4.69, 9.17) is 0 Å². The van der Waals surface area contributed by atoms with E-state index in [9.17, 15) is 18.0 Å². The van der Waals surface area contributed by atoms with Crippen LogP contribution >= 0.6 is 0 Å². The van der Waals surface area contributed by atoms with Crippen molar-refractivity contribution in [2.24, 2.45) is 5.92 Å². The Hall–Kier alpha value is -1.83. The molecule has 0 radical (unpaired) electrons. The van der Waals surface area contributed by atoms with E-state index in [2.05, 4.69) is 10.3 Å². The minimum absolute atomic E-state index is 0.0493. The number of anilines is 1. The highest BCUT2D eigenvalue weighted by Crippen LogP contribution is 2.28. The molecular formula is C16H25F3N4O+2. The fraction of sp³-hybridized carbons (Fsp3) is 0.625. The second-order valence-corrected chi connectivity index (χ2v) is 6.57. The quantitative estimate of drug-likeness (QED) is 0.788. The van der Waals surface area contributed by atoms with Crippen LogP contribution in [0.3, 0.4) is 0 Å². The molecule has 0 unspecified atom stereocenters. The molecule has 0 aliphatic carbocycles. The van der Waals surface area contributed by atoms with Crippen LogP contribution in [0, 0.1) is 5.92 Å². The number of carbonyl (C=O) groups excluding carboxylic acids is 1. The van der Waals surface area contributed by atoms with E-state index in [0.717, 1.165) is 25.4 Å². The van der Waals surface area contributed by atoms with Crippen LogP contribution < -0.4 is 20.1 Å². The zero-order chi connectivity index (χ0) is 17.7. The van der Waals surface area contributed by atoms with Gasteiger partial charge in [-0.25, -0.2) is 4.98 Å². The number of aromatic nitrogens is 1. The number of aromatic amines is 1. The zero-order valence-electron chi connectivity index (χ0n) is 14.0. The number of piperazine rings is 1. The van der Waals surface area contributed by atoms with E-state index in [1.54, 1.807) is 0 Å². The Bertz CT molecular complexity index is 537. The lowest BCUT2D eigenvalue weighted by atomic mass is 10.2. The van der Waals surface area contributed by atoms with Gasteiger partial charge in [0.15, 0.2) is 6.54 Å². The van der Waals surface area contributed by atoms with Gasteiger partial charge in [-0.15, -0.1) is 0 Å². The Labute approximate surface area is 139 Å². The number of pyridine rings is 1. The summed E-state index contributed by atoms with van der Waals surface area (Å²) < 4.78 is 37.7. The molecule has 134 valence electrons. The molecule has 5 nitrogen and oxygen atoms in total. The molecule has 2 rings (SSSR count). The Kier molecular flexibility index (Phi) is 6.04. The summed E-state index contributed by atoms with van der Waals surface area (Å²) in [5.41, 5.74) is -0.683. The van der Waals surface area contributed by atoms with Gasteiger partial charge in [0, 0.05) is 12.6 Å². The number of carbonyl (C=O) groups is 1. The van der Waals surface area contributed by atoms with Gasteiger partial charge >= 0.3 is 6.18 Å². The molecule has 0 spiro atoms. The first kappa shape index (κ1) is 18.5. The first-order valence-corrected chi connectivity index (χ1v) is 8.20. The minimum atomic E-state index is -4.33. The van der Waals surface area contributed by atoms with Crippen LogP contribution in [0.25, 0.3) is 0 Å². The molecule has 0 saturated carbocycles. The number of nitrogens with one attached hydrogen (secondary N) is 3. The first-order valence-electron chi connectivity index (χ1n) is 8.20. The van der Waals surface area contributed by atoms with Crippen molar-refractivity contribution in [3.8, 4) is 0 Å². The summed E-state index contributed by atoms with van der Waals surface area (Å²) in [4.78, 5) is 17.8. The number of nitrogens with zero attached hydrogens (tertiary/aromatic N) is 1. The Balaban J connectivity index is 1.81. The van der Waals surface area contributed by atoms with Gasteiger partial charge in [0.25, 0.3) is 11.7 Å². The van der Waals surface area contributed by atoms with Crippen molar-refractivity contribution in [1.29, 1.82) is 0 Å². The van der Waals surface area contributed by atoms with E-state index >= 15 is 0 Å². The number of amides is 1. The van der Waals surface area contributed by atoms with Gasteiger partial charge in [-0.05, 0) is 12.0 Å². The van der Waals surface area contributed by atoms with Crippen LogP contribution in [0.1, 0.15) is 19.4 Å². The highest BCUT2D eigenvalue weighted by Gasteiger charge is 2.33. The summed E-state index contributed by atoms with van der Waals surface area (Å²) >= 11 is 0. The molecule has 1 aromatic rings. The fourth-order valence-corrected chi connectivity index (χ4v) is 2.64. The maximum Gasteiger partial charge on any atom is 0.419 e. The number of hydrogen-bond donors (Lipinski definition) is 2. The lowest BCUT2D eigenvalue weighted by molar-refractivity contribution is -0.892. The smallest absolute Gasteiger partial charge is 0.351 e. The molecule has 1 aliphatic rings. The summed E-state index contributed by atoms with van der Waals surface area (Å²) in [6.45, 7) is 8.19. The molecule has 1 amide bonds. The van der Waals surface area contributed by atoms with Crippen molar-refractivity contribution in [2.75, 3.05) is 44.2 Å². The molecule has 0 aromatic carbocycles. The lowest BCUT2D eigenvalue weighted by Gasteiger charge is -2.28. The van der Waals surface area contributed by atoms with Crippen LogP contribution in [-0.4, -0.2) is 45.2 Å². The normalized spacial score (nSPS) is 16.5. The molecule has 1 aromatic heterocycles. The van der Waals surface area contributed by atoms with Gasteiger partial charge in [0.2, 0.25) is 0 Å². The first-order chi connectivity index (χ1) is 11.3. The van der Waals surface area contributed by atoms with Crippen molar-refractivity contribution in [2.45, 2.75) is 20.0 Å². The SMILES string of the molecule is CC(C)CNC(=O)C[NH+]1CCN(c2ccc(C(F)(F)F)c[nH+]2)CC1. The molecule has 24 heavy (non-hydrogen) atoms. The third-order valence-corrected chi connectivity index (χ3v) is 4.05. The van der Waals surface area contributed by atoms with Crippen molar-refractivity contribution < 1.29 is 27.8 Å². The molecule has 1 saturated heterocycles. The number of halogens is 3. The van der Waals surface area contributed by atoms with E-state index in [1.807, 2.05) is 18.7 Å². The van der Waals surface area contributed by atoms with Crippen molar-refractivity contribution in [3.05, 3.63) is 23.9 Å². The third kappa shape index (κ3) is 5.36. The largest absolute Gasteiger partial charge is 0.419 e. The zero-order valence-corrected chi connectivity index (χ0v) is 14.0. The molecule has 1 aliphatic heterocycles. The van der Waals surface area contributed by atoms with Gasteiger partial charge in [-0.1, -0.05) is 13.8 Å². The Morgan fingerprint density at radius 1 is 1.33 bits per heavy atom. The molecule has 1 fully saturated rings. The number of quaternary nitrogens is 1. The third-order valence-electron chi connectivity index (χ3n) is 4.05. The van der Waals surface area contributed by atoms with E-state index in [-0.39, 0.29) is 5.91 Å². The van der Waals surface area contributed by atoms with Crippen molar-refractivity contribution in [1.82, 2.24) is 5.32 Å². The average molecular weight is 346 g/mol. The molecule has 0 atom stereocenters. The fourth-order valence-electron chi connectivity index (χ4n) is 2.64. The monoisotopic (exact) mass is 346 g/mol. The number of hydrogen-bond acceptors (Lipinski definition) is 2. The predicted octanol–water partition coefficient (Wildman–Crippen LogP) is -0.00340. The average Bonchev–Trinajstić information content (AvgIpc) is 2.53. The van der Waals surface area contributed by atoms with Crippen LogP contribution in [0.15, 0.2) is 18.3 Å². The summed E-state index contributed by atoms with van der Waals surface area (Å²) in [6.07, 6.45) is -3.34. The standard InChI is InChI=1S/C16H23F3N4O/c1-12(2)9-21-15(24)11-22-5-7-23(8-6-22)14-4-3-13(10-20-14)16(17,18)19/h3-4,10,12H,5-9,11H2,1-2H3,(H,21,24)/p+2. The molecular weight excluding hydrogens is 321 g/mol. The van der Waals surface area contributed by atoms with E-state index in [1.165, 1.54) is 11.0 Å². The Morgan fingerprint density at radius 2 is 2.00 bits per heavy atom. The second-order valence-electron chi connectivity index (χ2n) is 6.57. The summed E-state index contributed by atoms with van der Waals surface area (Å²) in [5.74, 6) is 1.15. The van der Waals surface area contributed by atoms with Crippen molar-refractivity contribution >= 4 is 11.7 Å². The van der Waals surface area contributed by atoms with Gasteiger partial charge in [-0.2, -0.15) is 13.2 Å². The van der Waals surface area contributed by atoms with Gasteiger partial charge in [0.1, 0.15) is 32.4 Å². The number of alkyl halides is 3. The maximum absolute atomic E-state index is 12.6. The highest BCUT2D eigenvalue weighted by molar-refractivity contribution is 5.76. The lowest BCUT2D eigenvalue weighted by Crippen LogP contribution is -3.16. The van der Waals surface area contributed by atoms with Crippen LogP contribution in [0.5, 0.6) is 0 Å². The molecule has 0 bridgehead atoms. The minimum Gasteiger partial charge on any atom is -0.351 e. The summed E-state index contributed by atoms with van der Waals surface area (Å²) in [7, 11) is 0. The number of rotatable bonds is 5.